The second kappa shape index (κ2) is 7.32. The van der Waals surface area contributed by atoms with Crippen LogP contribution in [0.3, 0.4) is 0 Å². The molecule has 0 aliphatic carbocycles. The summed E-state index contributed by atoms with van der Waals surface area (Å²) in [6.45, 7) is 6.92. The first-order valence-electron chi connectivity index (χ1n) is 7.91. The molecule has 0 saturated carbocycles. The molecule has 124 valence electrons. The highest BCUT2D eigenvalue weighted by Crippen LogP contribution is 2.36. The van der Waals surface area contributed by atoms with Gasteiger partial charge in [0.05, 0.1) is 8.41 Å². The molecule has 4 nitrogen and oxygen atoms in total. The smallest absolute Gasteiger partial charge is 0.150 e. The molecule has 3 fully saturated rings. The fourth-order valence-corrected chi connectivity index (χ4v) is 3.64. The first-order valence-corrected chi connectivity index (χ1v) is 7.91. The third-order valence-electron chi connectivity index (χ3n) is 4.91. The molecule has 5 heteroatoms. The van der Waals surface area contributed by atoms with Crippen LogP contribution in [0.1, 0.15) is 28.8 Å². The molecule has 4 rings (SSSR count). The SMILES string of the molecule is B.C=CCc1cc(C=O)ccc1OCC1(O)CN2CCC1CC2. The average Bonchev–Trinajstić information content (AvgIpc) is 2.55. The molecular formula is C18H26BNO3. The molecular weight excluding hydrogens is 289 g/mol. The largest absolute Gasteiger partial charge is 0.490 e. The highest BCUT2D eigenvalue weighted by Gasteiger charge is 2.46. The minimum absolute atomic E-state index is 0. The molecule has 2 bridgehead atoms. The van der Waals surface area contributed by atoms with Gasteiger partial charge in [0.25, 0.3) is 0 Å². The van der Waals surface area contributed by atoms with Crippen LogP contribution in [0.5, 0.6) is 5.75 Å². The topological polar surface area (TPSA) is 49.8 Å². The lowest BCUT2D eigenvalue weighted by molar-refractivity contribution is -0.131. The number of carbonyl (C=O) groups excluding carboxylic acids is 1. The van der Waals surface area contributed by atoms with Crippen LogP contribution in [-0.2, 0) is 6.42 Å². The first-order chi connectivity index (χ1) is 10.6. The Morgan fingerprint density at radius 1 is 1.39 bits per heavy atom. The fourth-order valence-electron chi connectivity index (χ4n) is 3.64. The lowest BCUT2D eigenvalue weighted by Crippen LogP contribution is -2.61. The van der Waals surface area contributed by atoms with Crippen molar-refractivity contribution in [1.29, 1.82) is 0 Å². The molecule has 3 saturated heterocycles. The van der Waals surface area contributed by atoms with Gasteiger partial charge in [0, 0.05) is 12.1 Å². The summed E-state index contributed by atoms with van der Waals surface area (Å²) in [5.41, 5.74) is 0.806. The summed E-state index contributed by atoms with van der Waals surface area (Å²) in [5, 5.41) is 10.9. The van der Waals surface area contributed by atoms with Gasteiger partial charge in [-0.25, -0.2) is 0 Å². The summed E-state index contributed by atoms with van der Waals surface area (Å²) in [5.74, 6) is 1.06. The van der Waals surface area contributed by atoms with Crippen LogP contribution in [0.2, 0.25) is 0 Å². The van der Waals surface area contributed by atoms with E-state index < -0.39 is 5.60 Å². The molecule has 1 atom stereocenters. The van der Waals surface area contributed by atoms with Crippen LogP contribution in [0.15, 0.2) is 30.9 Å². The van der Waals surface area contributed by atoms with Crippen molar-refractivity contribution in [2.75, 3.05) is 26.2 Å². The van der Waals surface area contributed by atoms with Gasteiger partial charge >= 0.3 is 0 Å². The normalized spacial score (nSPS) is 28.7. The summed E-state index contributed by atoms with van der Waals surface area (Å²) in [4.78, 5) is 13.2. The number of allylic oxidation sites excluding steroid dienone is 1. The van der Waals surface area contributed by atoms with Gasteiger partial charge in [-0.3, -0.25) is 4.79 Å². The van der Waals surface area contributed by atoms with E-state index >= 15 is 0 Å². The number of hydrogen-bond donors (Lipinski definition) is 1. The predicted molar refractivity (Wildman–Crippen MR) is 95.3 cm³/mol. The van der Waals surface area contributed by atoms with Crippen LogP contribution in [-0.4, -0.2) is 56.5 Å². The molecule has 3 aliphatic heterocycles. The molecule has 0 radical (unpaired) electrons. The van der Waals surface area contributed by atoms with Crippen LogP contribution in [0.4, 0.5) is 0 Å². The molecule has 23 heavy (non-hydrogen) atoms. The number of piperidine rings is 3. The highest BCUT2D eigenvalue weighted by molar-refractivity contribution is 5.76. The van der Waals surface area contributed by atoms with Crippen LogP contribution in [0, 0.1) is 5.92 Å². The van der Waals surface area contributed by atoms with Gasteiger partial charge in [0.1, 0.15) is 24.2 Å². The van der Waals surface area contributed by atoms with Crippen molar-refractivity contribution >= 4 is 14.7 Å². The maximum atomic E-state index is 10.9. The van der Waals surface area contributed by atoms with E-state index in [1.807, 2.05) is 12.1 Å². The van der Waals surface area contributed by atoms with E-state index in [1.54, 1.807) is 12.1 Å². The number of ether oxygens (including phenoxy) is 1. The van der Waals surface area contributed by atoms with Crippen molar-refractivity contribution in [3.8, 4) is 5.75 Å². The third-order valence-corrected chi connectivity index (χ3v) is 4.91. The van der Waals surface area contributed by atoms with E-state index in [1.165, 1.54) is 0 Å². The van der Waals surface area contributed by atoms with E-state index in [0.29, 0.717) is 31.1 Å². The van der Waals surface area contributed by atoms with Gasteiger partial charge in [-0.05, 0) is 62.0 Å². The van der Waals surface area contributed by atoms with Crippen molar-refractivity contribution < 1.29 is 14.6 Å². The van der Waals surface area contributed by atoms with E-state index in [2.05, 4.69) is 11.5 Å². The number of aldehydes is 1. The Kier molecular flexibility index (Phi) is 5.66. The van der Waals surface area contributed by atoms with Crippen LogP contribution < -0.4 is 4.74 Å². The van der Waals surface area contributed by atoms with Gasteiger partial charge in [-0.15, -0.1) is 6.58 Å². The number of carbonyl (C=O) groups is 1. The molecule has 3 heterocycles. The molecule has 1 N–H and O–H groups in total. The van der Waals surface area contributed by atoms with Gasteiger partial charge in [0.2, 0.25) is 0 Å². The Labute approximate surface area is 139 Å². The lowest BCUT2D eigenvalue weighted by atomic mass is 9.76. The summed E-state index contributed by atoms with van der Waals surface area (Å²) in [7, 11) is 0. The van der Waals surface area contributed by atoms with Crippen molar-refractivity contribution in [3.05, 3.63) is 42.0 Å². The Hall–Kier alpha value is -1.59. The molecule has 0 amide bonds. The minimum Gasteiger partial charge on any atom is -0.490 e. The standard InChI is InChI=1S/C18H23NO3.BH3/c1-2-3-15-10-14(11-20)4-5-17(15)22-13-18(21)12-19-8-6-16(18)7-9-19;/h2,4-5,10-11,16,21H,1,3,6-9,12-13H2;1H3. The van der Waals surface area contributed by atoms with Gasteiger partial charge in [-0.1, -0.05) is 6.08 Å². The van der Waals surface area contributed by atoms with Crippen molar-refractivity contribution in [3.63, 3.8) is 0 Å². The Morgan fingerprint density at radius 3 is 2.70 bits per heavy atom. The van der Waals surface area contributed by atoms with Crippen molar-refractivity contribution in [2.45, 2.75) is 24.9 Å². The maximum Gasteiger partial charge on any atom is 0.150 e. The zero-order chi connectivity index (χ0) is 15.6. The lowest BCUT2D eigenvalue weighted by Gasteiger charge is -2.50. The number of nitrogens with zero attached hydrogens (tertiary/aromatic N) is 1. The minimum atomic E-state index is -0.759. The third kappa shape index (κ3) is 3.67. The van der Waals surface area contributed by atoms with Crippen LogP contribution >= 0.6 is 0 Å². The van der Waals surface area contributed by atoms with E-state index in [9.17, 15) is 9.90 Å². The second-order valence-electron chi connectivity index (χ2n) is 6.42. The monoisotopic (exact) mass is 315 g/mol. The van der Waals surface area contributed by atoms with Crippen molar-refractivity contribution in [2.24, 2.45) is 5.92 Å². The zero-order valence-electron chi connectivity index (χ0n) is 12.8. The molecule has 1 unspecified atom stereocenters. The second-order valence-corrected chi connectivity index (χ2v) is 6.42. The average molecular weight is 315 g/mol. The molecule has 0 spiro atoms. The first kappa shape index (κ1) is 17.8. The number of benzene rings is 1. The van der Waals surface area contributed by atoms with Crippen molar-refractivity contribution in [1.82, 2.24) is 4.90 Å². The summed E-state index contributed by atoms with van der Waals surface area (Å²) in [6.07, 6.45) is 5.36. The fraction of sp³-hybridized carbons (Fsp3) is 0.500. The Balaban J connectivity index is 0.00000192. The van der Waals surface area contributed by atoms with E-state index in [-0.39, 0.29) is 8.41 Å². The summed E-state index contributed by atoms with van der Waals surface area (Å²) < 4.78 is 5.94. The molecule has 0 aromatic heterocycles. The van der Waals surface area contributed by atoms with Crippen LogP contribution in [0.25, 0.3) is 0 Å². The van der Waals surface area contributed by atoms with E-state index in [0.717, 1.165) is 43.5 Å². The summed E-state index contributed by atoms with van der Waals surface area (Å²) in [6, 6.07) is 5.38. The number of aliphatic hydroxyl groups is 1. The number of rotatable bonds is 6. The quantitative estimate of drug-likeness (QED) is 0.481. The highest BCUT2D eigenvalue weighted by atomic mass is 16.5. The Morgan fingerprint density at radius 2 is 2.13 bits per heavy atom. The molecule has 3 aliphatic rings. The number of fused-ring (bicyclic) bond motifs is 3. The number of hydrogen-bond acceptors (Lipinski definition) is 4. The van der Waals surface area contributed by atoms with Gasteiger partial charge in [-0.2, -0.15) is 0 Å². The Bertz CT molecular complexity index is 569. The van der Waals surface area contributed by atoms with Gasteiger partial charge < -0.3 is 14.7 Å². The zero-order valence-corrected chi connectivity index (χ0v) is 12.8. The maximum absolute atomic E-state index is 10.9. The summed E-state index contributed by atoms with van der Waals surface area (Å²) >= 11 is 0. The molecule has 1 aromatic rings. The predicted octanol–water partition coefficient (Wildman–Crippen LogP) is 0.879. The van der Waals surface area contributed by atoms with Gasteiger partial charge in [0.15, 0.2) is 0 Å². The van der Waals surface area contributed by atoms with E-state index in [4.69, 9.17) is 4.74 Å². The molecule has 1 aromatic carbocycles.